The minimum Gasteiger partial charge on any atom is -0.489 e. The molecule has 3 N–H and O–H groups in total. The highest BCUT2D eigenvalue weighted by Gasteiger charge is 2.38. The number of alkyl halides is 3. The number of piperidine rings is 1. The van der Waals surface area contributed by atoms with Crippen LogP contribution in [0.2, 0.25) is 5.02 Å². The van der Waals surface area contributed by atoms with Gasteiger partial charge in [-0.3, -0.25) is 4.72 Å². The Bertz CT molecular complexity index is 987. The van der Waals surface area contributed by atoms with Crippen LogP contribution in [-0.2, 0) is 14.8 Å². The van der Waals surface area contributed by atoms with Crippen LogP contribution in [0.4, 0.5) is 18.3 Å². The normalized spacial score (nSPS) is 19.1. The molecule has 1 fully saturated rings. The molecule has 1 aliphatic rings. The fourth-order valence-electron chi connectivity index (χ4n) is 2.56. The summed E-state index contributed by atoms with van der Waals surface area (Å²) in [5, 5.41) is 12.8. The van der Waals surface area contributed by atoms with Gasteiger partial charge in [-0.1, -0.05) is 11.6 Å². The predicted molar refractivity (Wildman–Crippen MR) is 109 cm³/mol. The van der Waals surface area contributed by atoms with Gasteiger partial charge in [0.2, 0.25) is 0 Å². The molecule has 0 spiro atoms. The number of carboxylic acids is 1. The quantitative estimate of drug-likeness (QED) is 0.571. The van der Waals surface area contributed by atoms with Gasteiger partial charge < -0.3 is 15.2 Å². The third-order valence-corrected chi connectivity index (χ3v) is 6.43. The fraction of sp³-hybridized carbons (Fsp3) is 0.412. The maximum Gasteiger partial charge on any atom is 0.490 e. The van der Waals surface area contributed by atoms with Crippen molar-refractivity contribution in [3.63, 3.8) is 0 Å². The number of rotatable bonds is 5. The molecule has 2 aromatic rings. The zero-order valence-corrected chi connectivity index (χ0v) is 18.4. The van der Waals surface area contributed by atoms with E-state index < -0.39 is 22.2 Å². The summed E-state index contributed by atoms with van der Waals surface area (Å²) in [6.45, 7) is 3.00. The number of sulfonamides is 1. The fourth-order valence-corrected chi connectivity index (χ4v) is 4.67. The second-order valence-corrected chi connectivity index (χ2v) is 9.44. The van der Waals surface area contributed by atoms with Gasteiger partial charge in [0.25, 0.3) is 10.0 Å². The molecule has 3 rings (SSSR count). The van der Waals surface area contributed by atoms with Crippen LogP contribution in [0.5, 0.6) is 5.75 Å². The summed E-state index contributed by atoms with van der Waals surface area (Å²) in [5.41, 5.74) is 0. The Balaban J connectivity index is 0.000000423. The zero-order valence-electron chi connectivity index (χ0n) is 16.0. The summed E-state index contributed by atoms with van der Waals surface area (Å²) in [7, 11) is -3.72. The molecule has 1 aliphatic heterocycles. The third-order valence-electron chi connectivity index (χ3n) is 3.98. The number of carbonyl (C=O) groups is 1. The third kappa shape index (κ3) is 7.83. The average Bonchev–Trinajstić information content (AvgIpc) is 3.15. The maximum absolute atomic E-state index is 12.3. The van der Waals surface area contributed by atoms with E-state index in [0.29, 0.717) is 16.9 Å². The highest BCUT2D eigenvalue weighted by molar-refractivity contribution is 7.93. The van der Waals surface area contributed by atoms with E-state index in [4.69, 9.17) is 26.2 Å². The molecular formula is C17H19ClF3N3O5S2. The van der Waals surface area contributed by atoms with E-state index in [0.717, 1.165) is 19.4 Å². The lowest BCUT2D eigenvalue weighted by Gasteiger charge is -2.28. The molecule has 0 radical (unpaired) electrons. The van der Waals surface area contributed by atoms with E-state index in [2.05, 4.69) is 21.9 Å². The monoisotopic (exact) mass is 501 g/mol. The van der Waals surface area contributed by atoms with Crippen LogP contribution in [0.3, 0.4) is 0 Å². The van der Waals surface area contributed by atoms with Crippen molar-refractivity contribution in [3.05, 3.63) is 34.8 Å². The number of anilines is 1. The first kappa shape index (κ1) is 25.2. The van der Waals surface area contributed by atoms with Crippen LogP contribution in [0.25, 0.3) is 0 Å². The molecule has 1 saturated heterocycles. The summed E-state index contributed by atoms with van der Waals surface area (Å²) >= 11 is 7.44. The van der Waals surface area contributed by atoms with Crippen LogP contribution in [0.15, 0.2) is 34.7 Å². The van der Waals surface area contributed by atoms with E-state index in [1.54, 1.807) is 11.4 Å². The summed E-state index contributed by atoms with van der Waals surface area (Å²) in [5.74, 6) is -2.25. The van der Waals surface area contributed by atoms with Crippen LogP contribution >= 0.6 is 22.9 Å². The number of carboxylic acid groups (broad SMARTS) is 1. The lowest BCUT2D eigenvalue weighted by atomic mass is 10.0. The highest BCUT2D eigenvalue weighted by atomic mass is 35.5. The van der Waals surface area contributed by atoms with Gasteiger partial charge in [-0.2, -0.15) is 13.2 Å². The number of nitrogens with zero attached hydrogens (tertiary/aromatic N) is 1. The molecule has 0 bridgehead atoms. The Labute approximate surface area is 185 Å². The van der Waals surface area contributed by atoms with Crippen molar-refractivity contribution in [2.45, 2.75) is 43.0 Å². The second-order valence-electron chi connectivity index (χ2n) is 6.46. The number of aromatic nitrogens is 1. The summed E-state index contributed by atoms with van der Waals surface area (Å²) in [6.07, 6.45) is -1.68. The Hall–Kier alpha value is -2.09. The molecule has 31 heavy (non-hydrogen) atoms. The smallest absolute Gasteiger partial charge is 0.489 e. The van der Waals surface area contributed by atoms with Crippen molar-refractivity contribution >= 4 is 44.1 Å². The first-order valence-electron chi connectivity index (χ1n) is 8.80. The van der Waals surface area contributed by atoms with Gasteiger partial charge in [0.1, 0.15) is 11.9 Å². The Kier molecular flexibility index (Phi) is 8.51. The van der Waals surface area contributed by atoms with E-state index in [-0.39, 0.29) is 16.0 Å². The Morgan fingerprint density at radius 1 is 1.42 bits per heavy atom. The molecule has 172 valence electrons. The molecule has 0 aliphatic carbocycles. The maximum atomic E-state index is 12.3. The van der Waals surface area contributed by atoms with Gasteiger partial charge in [-0.15, -0.1) is 11.3 Å². The SMILES string of the molecule is C[C@H]1C[C@@H](Oc2ccc(S(=O)(=O)Nc3nccs3)cc2Cl)CCN1.O=C(O)C(F)(F)F. The molecule has 1 aromatic carbocycles. The summed E-state index contributed by atoms with van der Waals surface area (Å²) in [4.78, 5) is 12.9. The summed E-state index contributed by atoms with van der Waals surface area (Å²) in [6, 6.07) is 4.88. The number of aliphatic carboxylic acids is 1. The number of hydrogen-bond donors (Lipinski definition) is 3. The molecule has 2 heterocycles. The number of thiazole rings is 1. The number of nitrogens with one attached hydrogen (secondary N) is 2. The topological polar surface area (TPSA) is 118 Å². The van der Waals surface area contributed by atoms with E-state index in [1.165, 1.54) is 29.7 Å². The Morgan fingerprint density at radius 2 is 2.10 bits per heavy atom. The van der Waals surface area contributed by atoms with E-state index >= 15 is 0 Å². The second kappa shape index (κ2) is 10.5. The minimum absolute atomic E-state index is 0.0775. The van der Waals surface area contributed by atoms with Crippen molar-refractivity contribution in [2.75, 3.05) is 11.3 Å². The van der Waals surface area contributed by atoms with Gasteiger partial charge in [0, 0.05) is 17.6 Å². The van der Waals surface area contributed by atoms with Crippen molar-refractivity contribution in [1.82, 2.24) is 10.3 Å². The highest BCUT2D eigenvalue weighted by Crippen LogP contribution is 2.30. The van der Waals surface area contributed by atoms with Crippen LogP contribution in [0.1, 0.15) is 19.8 Å². The number of halogens is 4. The largest absolute Gasteiger partial charge is 0.490 e. The predicted octanol–water partition coefficient (Wildman–Crippen LogP) is 3.75. The molecule has 14 heteroatoms. The molecular weight excluding hydrogens is 483 g/mol. The Morgan fingerprint density at radius 3 is 2.61 bits per heavy atom. The first-order chi connectivity index (χ1) is 14.4. The van der Waals surface area contributed by atoms with Gasteiger partial charge in [-0.25, -0.2) is 18.2 Å². The van der Waals surface area contributed by atoms with E-state index in [1.807, 2.05) is 0 Å². The number of ether oxygens (including phenoxy) is 1. The van der Waals surface area contributed by atoms with Gasteiger partial charge >= 0.3 is 12.1 Å². The lowest BCUT2D eigenvalue weighted by molar-refractivity contribution is -0.192. The van der Waals surface area contributed by atoms with Crippen molar-refractivity contribution in [3.8, 4) is 5.75 Å². The number of benzene rings is 1. The van der Waals surface area contributed by atoms with E-state index in [9.17, 15) is 21.6 Å². The van der Waals surface area contributed by atoms with Crippen LogP contribution in [0, 0.1) is 0 Å². The van der Waals surface area contributed by atoms with Gasteiger partial charge in [-0.05, 0) is 44.5 Å². The molecule has 2 atom stereocenters. The molecule has 8 nitrogen and oxygen atoms in total. The zero-order chi connectivity index (χ0) is 23.2. The van der Waals surface area contributed by atoms with Crippen molar-refractivity contribution < 1.29 is 36.2 Å². The average molecular weight is 502 g/mol. The van der Waals surface area contributed by atoms with Crippen LogP contribution < -0.4 is 14.8 Å². The van der Waals surface area contributed by atoms with Gasteiger partial charge in [0.15, 0.2) is 5.13 Å². The minimum atomic E-state index is -5.08. The molecule has 1 aromatic heterocycles. The molecule has 0 unspecified atom stereocenters. The first-order valence-corrected chi connectivity index (χ1v) is 11.5. The van der Waals surface area contributed by atoms with Gasteiger partial charge in [0.05, 0.1) is 9.92 Å². The lowest BCUT2D eigenvalue weighted by Crippen LogP contribution is -2.40. The summed E-state index contributed by atoms with van der Waals surface area (Å²) < 4.78 is 64.8. The standard InChI is InChI=1S/C15H18ClN3O3S2.C2HF3O2/c1-10-8-11(4-5-17-10)22-14-3-2-12(9-13(14)16)24(20,21)19-15-18-6-7-23-15;3-2(4,5)1(6)7/h2-3,6-7,9-11,17H,4-5,8H2,1H3,(H,18,19);(H,6,7)/t10-,11-;/m0./s1. The number of hydrogen-bond acceptors (Lipinski definition) is 7. The van der Waals surface area contributed by atoms with Crippen molar-refractivity contribution in [2.24, 2.45) is 0 Å². The van der Waals surface area contributed by atoms with Crippen LogP contribution in [-0.4, -0.2) is 49.3 Å². The molecule has 0 saturated carbocycles. The van der Waals surface area contributed by atoms with Crippen molar-refractivity contribution in [1.29, 1.82) is 0 Å². The molecule has 0 amide bonds.